The number of allylic oxidation sites excluding steroid dienone is 2. The van der Waals surface area contributed by atoms with Crippen molar-refractivity contribution in [3.05, 3.63) is 48.5 Å². The maximum Gasteiger partial charge on any atom is 0.190 e. The second kappa shape index (κ2) is 4.48. The monoisotopic (exact) mass is 216 g/mol. The van der Waals surface area contributed by atoms with Gasteiger partial charge in [-0.25, -0.2) is 0 Å². The van der Waals surface area contributed by atoms with Crippen LogP contribution in [0, 0.1) is 0 Å². The number of oxime groups is 1. The molecule has 0 bridgehead atoms. The van der Waals surface area contributed by atoms with Gasteiger partial charge in [0.05, 0.1) is 5.69 Å². The fourth-order valence-corrected chi connectivity index (χ4v) is 1.52. The first-order chi connectivity index (χ1) is 7.83. The molecule has 1 aromatic heterocycles. The van der Waals surface area contributed by atoms with Gasteiger partial charge in [-0.3, -0.25) is 4.98 Å². The minimum atomic E-state index is 0.0125. The normalized spacial score (nSPS) is 15.5. The van der Waals surface area contributed by atoms with Gasteiger partial charge in [0.25, 0.3) is 0 Å². The predicted molar refractivity (Wildman–Crippen MR) is 62.4 cm³/mol. The van der Waals surface area contributed by atoms with Gasteiger partial charge in [0.15, 0.2) is 5.84 Å². The van der Waals surface area contributed by atoms with Gasteiger partial charge >= 0.3 is 0 Å². The van der Waals surface area contributed by atoms with E-state index in [0.717, 1.165) is 12.2 Å². The number of hydrogen-bond donors (Lipinski definition) is 2. The molecule has 0 radical (unpaired) electrons. The average molecular weight is 216 g/mol. The fourth-order valence-electron chi connectivity index (χ4n) is 1.52. The molecule has 5 nitrogen and oxygen atoms in total. The number of anilines is 1. The van der Waals surface area contributed by atoms with Crippen molar-refractivity contribution in [3.8, 4) is 0 Å². The SMILES string of the molecule is NC(=NO)c1ncccc1N1C=CC=CC1. The van der Waals surface area contributed by atoms with Crippen molar-refractivity contribution in [1.82, 2.24) is 4.98 Å². The molecule has 0 fully saturated rings. The highest BCUT2D eigenvalue weighted by atomic mass is 16.4. The maximum absolute atomic E-state index is 8.68. The summed E-state index contributed by atoms with van der Waals surface area (Å²) in [5, 5.41) is 11.7. The van der Waals surface area contributed by atoms with Gasteiger partial charge in [0, 0.05) is 18.9 Å². The molecule has 0 amide bonds. The van der Waals surface area contributed by atoms with Crippen LogP contribution in [-0.4, -0.2) is 22.6 Å². The van der Waals surface area contributed by atoms with Gasteiger partial charge in [-0.2, -0.15) is 0 Å². The molecule has 0 spiro atoms. The summed E-state index contributed by atoms with van der Waals surface area (Å²) in [6.45, 7) is 0.744. The van der Waals surface area contributed by atoms with Crippen molar-refractivity contribution < 1.29 is 5.21 Å². The Hall–Kier alpha value is -2.30. The molecule has 2 heterocycles. The predicted octanol–water partition coefficient (Wildman–Crippen LogP) is 1.07. The highest BCUT2D eigenvalue weighted by Crippen LogP contribution is 2.19. The minimum Gasteiger partial charge on any atom is -0.409 e. The molecule has 1 aliphatic rings. The van der Waals surface area contributed by atoms with E-state index in [0.29, 0.717) is 5.69 Å². The third kappa shape index (κ3) is 1.88. The van der Waals surface area contributed by atoms with E-state index >= 15 is 0 Å². The lowest BCUT2D eigenvalue weighted by atomic mass is 10.2. The molecule has 3 N–H and O–H groups in total. The van der Waals surface area contributed by atoms with Gasteiger partial charge in [-0.15, -0.1) is 0 Å². The summed E-state index contributed by atoms with van der Waals surface area (Å²) in [5.41, 5.74) is 6.87. The Morgan fingerprint density at radius 1 is 1.50 bits per heavy atom. The molecular formula is C11H12N4O. The molecule has 1 aromatic rings. The number of nitrogens with zero attached hydrogens (tertiary/aromatic N) is 3. The van der Waals surface area contributed by atoms with Crippen LogP contribution in [0.5, 0.6) is 0 Å². The molecule has 0 aliphatic carbocycles. The molecular weight excluding hydrogens is 204 g/mol. The van der Waals surface area contributed by atoms with Crippen LogP contribution in [-0.2, 0) is 0 Å². The first kappa shape index (κ1) is 10.2. The van der Waals surface area contributed by atoms with Crippen molar-refractivity contribution >= 4 is 11.5 Å². The molecule has 0 saturated heterocycles. The fraction of sp³-hybridized carbons (Fsp3) is 0.0909. The highest BCUT2D eigenvalue weighted by Gasteiger charge is 2.13. The van der Waals surface area contributed by atoms with E-state index < -0.39 is 0 Å². The first-order valence-electron chi connectivity index (χ1n) is 4.86. The Bertz CT molecular complexity index is 465. The van der Waals surface area contributed by atoms with Crippen LogP contribution in [0.1, 0.15) is 5.69 Å². The van der Waals surface area contributed by atoms with E-state index in [1.54, 1.807) is 6.20 Å². The van der Waals surface area contributed by atoms with Gasteiger partial charge < -0.3 is 15.8 Å². The Morgan fingerprint density at radius 2 is 2.38 bits per heavy atom. The van der Waals surface area contributed by atoms with Crippen LogP contribution >= 0.6 is 0 Å². The quantitative estimate of drug-likeness (QED) is 0.335. The van der Waals surface area contributed by atoms with E-state index in [1.165, 1.54) is 0 Å². The molecule has 0 saturated carbocycles. The first-order valence-corrected chi connectivity index (χ1v) is 4.86. The second-order valence-electron chi connectivity index (χ2n) is 3.28. The number of rotatable bonds is 2. The number of pyridine rings is 1. The maximum atomic E-state index is 8.68. The van der Waals surface area contributed by atoms with Crippen molar-refractivity contribution in [1.29, 1.82) is 0 Å². The second-order valence-corrected chi connectivity index (χ2v) is 3.28. The number of nitrogens with two attached hydrogens (primary N) is 1. The molecule has 0 unspecified atom stereocenters. The summed E-state index contributed by atoms with van der Waals surface area (Å²) in [5.74, 6) is 0.0125. The van der Waals surface area contributed by atoms with E-state index in [1.807, 2.05) is 41.5 Å². The largest absolute Gasteiger partial charge is 0.409 e. The molecule has 5 heteroatoms. The molecule has 0 aromatic carbocycles. The van der Waals surface area contributed by atoms with Crippen LogP contribution in [0.15, 0.2) is 47.9 Å². The summed E-state index contributed by atoms with van der Waals surface area (Å²) in [7, 11) is 0. The average Bonchev–Trinajstić information content (AvgIpc) is 2.39. The zero-order valence-electron chi connectivity index (χ0n) is 8.61. The molecule has 2 rings (SSSR count). The summed E-state index contributed by atoms with van der Waals surface area (Å²) >= 11 is 0. The lowest BCUT2D eigenvalue weighted by Gasteiger charge is -2.22. The van der Waals surface area contributed by atoms with Gasteiger partial charge in [0.2, 0.25) is 0 Å². The minimum absolute atomic E-state index is 0.0125. The third-order valence-electron chi connectivity index (χ3n) is 2.26. The standard InChI is InChI=1S/C11H12N4O/c12-11(14-16)10-9(5-4-6-13-10)15-7-2-1-3-8-15/h1-7,16H,8H2,(H2,12,14). The van der Waals surface area contributed by atoms with Crippen molar-refractivity contribution in [2.45, 2.75) is 0 Å². The lowest BCUT2D eigenvalue weighted by molar-refractivity contribution is 0.318. The Labute approximate surface area is 93.2 Å². The Kier molecular flexibility index (Phi) is 2.86. The van der Waals surface area contributed by atoms with E-state index in [4.69, 9.17) is 10.9 Å². The summed E-state index contributed by atoms with van der Waals surface area (Å²) in [4.78, 5) is 6.08. The van der Waals surface area contributed by atoms with E-state index in [2.05, 4.69) is 10.1 Å². The number of amidine groups is 1. The molecule has 16 heavy (non-hydrogen) atoms. The smallest absolute Gasteiger partial charge is 0.190 e. The topological polar surface area (TPSA) is 74.7 Å². The van der Waals surface area contributed by atoms with Crippen LogP contribution in [0.3, 0.4) is 0 Å². The molecule has 0 atom stereocenters. The van der Waals surface area contributed by atoms with Gasteiger partial charge in [-0.1, -0.05) is 17.3 Å². The van der Waals surface area contributed by atoms with Crippen LogP contribution in [0.4, 0.5) is 5.69 Å². The van der Waals surface area contributed by atoms with Gasteiger partial charge in [0.1, 0.15) is 5.69 Å². The summed E-state index contributed by atoms with van der Waals surface area (Å²) in [6.07, 6.45) is 9.44. The van der Waals surface area contributed by atoms with Gasteiger partial charge in [-0.05, 0) is 18.2 Å². The van der Waals surface area contributed by atoms with Crippen molar-refractivity contribution in [2.24, 2.45) is 10.9 Å². The van der Waals surface area contributed by atoms with Crippen molar-refractivity contribution in [2.75, 3.05) is 11.4 Å². The highest BCUT2D eigenvalue weighted by molar-refractivity contribution is 6.00. The third-order valence-corrected chi connectivity index (χ3v) is 2.26. The summed E-state index contributed by atoms with van der Waals surface area (Å²) in [6, 6.07) is 3.69. The van der Waals surface area contributed by atoms with Crippen LogP contribution in [0.25, 0.3) is 0 Å². The number of aromatic nitrogens is 1. The zero-order valence-corrected chi connectivity index (χ0v) is 8.61. The molecule has 82 valence electrons. The Balaban J connectivity index is 2.40. The molecule has 1 aliphatic heterocycles. The Morgan fingerprint density at radius 3 is 3.06 bits per heavy atom. The van der Waals surface area contributed by atoms with E-state index in [9.17, 15) is 0 Å². The van der Waals surface area contributed by atoms with E-state index in [-0.39, 0.29) is 5.84 Å². The van der Waals surface area contributed by atoms with Crippen molar-refractivity contribution in [3.63, 3.8) is 0 Å². The lowest BCUT2D eigenvalue weighted by Crippen LogP contribution is -2.24. The van der Waals surface area contributed by atoms with Crippen LogP contribution < -0.4 is 10.6 Å². The summed E-state index contributed by atoms with van der Waals surface area (Å²) < 4.78 is 0. The number of hydrogen-bond acceptors (Lipinski definition) is 4. The zero-order chi connectivity index (χ0) is 11.4. The van der Waals surface area contributed by atoms with Crippen LogP contribution in [0.2, 0.25) is 0 Å².